The molecule has 0 N–H and O–H groups in total. The molecule has 0 aliphatic heterocycles. The summed E-state index contributed by atoms with van der Waals surface area (Å²) in [6.45, 7) is 11.7. The molecule has 2 aliphatic rings. The van der Waals surface area contributed by atoms with Crippen LogP contribution < -0.4 is 0 Å². The fourth-order valence-electron chi connectivity index (χ4n) is 3.99. The second-order valence-electron chi connectivity index (χ2n) is 8.08. The molecule has 0 heterocycles. The van der Waals surface area contributed by atoms with Gasteiger partial charge in [-0.25, -0.2) is 0 Å². The van der Waals surface area contributed by atoms with E-state index in [1.807, 2.05) is 0 Å². The van der Waals surface area contributed by atoms with E-state index in [4.69, 9.17) is 29.2 Å². The van der Waals surface area contributed by atoms with Gasteiger partial charge >= 0.3 is 35.6 Å². The summed E-state index contributed by atoms with van der Waals surface area (Å²) < 4.78 is 0. The SMILES string of the molecule is CC1CCC([N-]CCC[N-]C2CCC(C)C(C)C2)CC1C.[Cl][Ti][Cl]. The predicted molar refractivity (Wildman–Crippen MR) is 105 cm³/mol. The van der Waals surface area contributed by atoms with Gasteiger partial charge in [0.25, 0.3) is 0 Å². The van der Waals surface area contributed by atoms with E-state index in [1.54, 1.807) is 0 Å². The van der Waals surface area contributed by atoms with Gasteiger partial charge in [0.15, 0.2) is 0 Å². The minimum atomic E-state index is -0.556. The number of rotatable bonds is 6. The standard InChI is InChI=1S/C19H36N2.2ClH.Ti/c1-14-6-8-18(12-16(14)3)20-10-5-11-21-19-9-7-15(2)17(4)13-19;;;/h14-19H,5-13H2,1-4H3;2*1H;/q-2;;;+2/p-2. The first-order chi connectivity index (χ1) is 11.5. The van der Waals surface area contributed by atoms with Crippen LogP contribution >= 0.6 is 18.6 Å². The number of nitrogens with zero attached hydrogens (tertiary/aromatic N) is 2. The molecule has 6 atom stereocenters. The molecule has 0 spiro atoms. The van der Waals surface area contributed by atoms with Gasteiger partial charge < -0.3 is 10.6 Å². The Bertz CT molecular complexity index is 292. The van der Waals surface area contributed by atoms with Gasteiger partial charge in [-0.3, -0.25) is 0 Å². The molecule has 0 saturated heterocycles. The quantitative estimate of drug-likeness (QED) is 0.328. The van der Waals surface area contributed by atoms with Gasteiger partial charge in [0.1, 0.15) is 0 Å². The molecule has 24 heavy (non-hydrogen) atoms. The van der Waals surface area contributed by atoms with E-state index in [0.29, 0.717) is 12.1 Å². The van der Waals surface area contributed by atoms with E-state index in [-0.39, 0.29) is 0 Å². The fraction of sp³-hybridized carbons (Fsp3) is 1.00. The zero-order chi connectivity index (χ0) is 17.9. The predicted octanol–water partition coefficient (Wildman–Crippen LogP) is 7.15. The van der Waals surface area contributed by atoms with E-state index in [2.05, 4.69) is 27.7 Å². The van der Waals surface area contributed by atoms with E-state index < -0.39 is 17.0 Å². The van der Waals surface area contributed by atoms with Crippen LogP contribution in [0.5, 0.6) is 0 Å². The van der Waals surface area contributed by atoms with Crippen LogP contribution in [-0.2, 0) is 17.0 Å². The van der Waals surface area contributed by atoms with Crippen LogP contribution in [0.2, 0.25) is 0 Å². The van der Waals surface area contributed by atoms with Crippen molar-refractivity contribution in [1.82, 2.24) is 0 Å². The molecule has 2 rings (SSSR count). The van der Waals surface area contributed by atoms with Gasteiger partial charge in [0, 0.05) is 0 Å². The molecule has 5 heteroatoms. The zero-order valence-electron chi connectivity index (χ0n) is 16.0. The molecule has 0 aromatic carbocycles. The second-order valence-corrected chi connectivity index (χ2v) is 10.7. The Kier molecular flexibility index (Phi) is 13.0. The van der Waals surface area contributed by atoms with E-state index >= 15 is 0 Å². The van der Waals surface area contributed by atoms with Crippen molar-refractivity contribution in [1.29, 1.82) is 0 Å². The Morgan fingerprint density at radius 2 is 1.08 bits per heavy atom. The van der Waals surface area contributed by atoms with Gasteiger partial charge in [-0.2, -0.15) is 13.1 Å². The molecular formula is C19H36Cl2N2Ti-2. The summed E-state index contributed by atoms with van der Waals surface area (Å²) in [5, 5.41) is 9.84. The average Bonchev–Trinajstić information content (AvgIpc) is 2.54. The summed E-state index contributed by atoms with van der Waals surface area (Å²) >= 11 is -0.556. The zero-order valence-corrected chi connectivity index (χ0v) is 19.1. The maximum absolute atomic E-state index is 4.92. The normalized spacial score (nSPS) is 36.6. The molecule has 2 saturated carbocycles. The van der Waals surface area contributed by atoms with Crippen LogP contribution in [0, 0.1) is 23.7 Å². The number of hydrogen-bond donors (Lipinski definition) is 0. The van der Waals surface area contributed by atoms with Gasteiger partial charge in [0.2, 0.25) is 0 Å². The summed E-state index contributed by atoms with van der Waals surface area (Å²) in [7, 11) is 9.78. The van der Waals surface area contributed by atoms with Gasteiger partial charge in [0.05, 0.1) is 0 Å². The first-order valence-corrected chi connectivity index (χ1v) is 14.1. The van der Waals surface area contributed by atoms with Crippen molar-refractivity contribution >= 4 is 18.6 Å². The molecule has 0 bridgehead atoms. The monoisotopic (exact) mass is 410 g/mol. The maximum atomic E-state index is 4.92. The van der Waals surface area contributed by atoms with E-state index in [9.17, 15) is 0 Å². The van der Waals surface area contributed by atoms with Crippen LogP contribution in [-0.4, -0.2) is 25.2 Å². The first-order valence-electron chi connectivity index (χ1n) is 9.77. The van der Waals surface area contributed by atoms with Gasteiger partial charge in [-0.15, -0.1) is 12.1 Å². The molecule has 0 aromatic heterocycles. The molecule has 0 aromatic rings. The summed E-state index contributed by atoms with van der Waals surface area (Å²) in [5.41, 5.74) is 0. The van der Waals surface area contributed by atoms with Crippen molar-refractivity contribution in [2.75, 3.05) is 13.1 Å². The second kappa shape index (κ2) is 13.4. The number of halogens is 2. The molecule has 0 amide bonds. The van der Waals surface area contributed by atoms with Gasteiger partial charge in [-0.1, -0.05) is 72.6 Å². The Hall–Kier alpha value is 1.21. The molecule has 6 unspecified atom stereocenters. The van der Waals surface area contributed by atoms with Crippen LogP contribution in [0.3, 0.4) is 0 Å². The van der Waals surface area contributed by atoms with Crippen LogP contribution in [0.1, 0.15) is 72.6 Å². The number of hydrogen-bond acceptors (Lipinski definition) is 0. The molecule has 2 fully saturated rings. The van der Waals surface area contributed by atoms with Crippen molar-refractivity contribution in [3.8, 4) is 0 Å². The van der Waals surface area contributed by atoms with E-state index in [0.717, 1.165) is 36.8 Å². The molecular weight excluding hydrogens is 375 g/mol. The summed E-state index contributed by atoms with van der Waals surface area (Å²) in [6.07, 6.45) is 9.19. The Morgan fingerprint density at radius 3 is 1.42 bits per heavy atom. The third kappa shape index (κ3) is 9.24. The molecule has 0 radical (unpaired) electrons. The van der Waals surface area contributed by atoms with E-state index in [1.165, 1.54) is 44.9 Å². The Morgan fingerprint density at radius 1 is 0.708 bits per heavy atom. The minimum absolute atomic E-state index is 0.556. The summed E-state index contributed by atoms with van der Waals surface area (Å²) in [6, 6.07) is 1.29. The third-order valence-corrected chi connectivity index (χ3v) is 6.23. The molecule has 2 aliphatic carbocycles. The molecule has 142 valence electrons. The fourth-order valence-corrected chi connectivity index (χ4v) is 3.99. The van der Waals surface area contributed by atoms with Crippen molar-refractivity contribution < 1.29 is 17.0 Å². The van der Waals surface area contributed by atoms with Crippen molar-refractivity contribution in [2.45, 2.75) is 84.7 Å². The van der Waals surface area contributed by atoms with Crippen LogP contribution in [0.4, 0.5) is 0 Å². The summed E-state index contributed by atoms with van der Waals surface area (Å²) in [4.78, 5) is 0. The summed E-state index contributed by atoms with van der Waals surface area (Å²) in [5.74, 6) is 3.54. The molecule has 2 nitrogen and oxygen atoms in total. The van der Waals surface area contributed by atoms with Crippen LogP contribution in [0.25, 0.3) is 10.6 Å². The van der Waals surface area contributed by atoms with Crippen LogP contribution in [0.15, 0.2) is 0 Å². The van der Waals surface area contributed by atoms with Gasteiger partial charge in [-0.05, 0) is 23.7 Å². The average molecular weight is 411 g/mol. The third-order valence-electron chi connectivity index (χ3n) is 6.23. The Labute approximate surface area is 167 Å². The van der Waals surface area contributed by atoms with Crippen molar-refractivity contribution in [2.24, 2.45) is 23.7 Å². The Balaban J connectivity index is 0.000000891. The topological polar surface area (TPSA) is 28.2 Å². The van der Waals surface area contributed by atoms with Crippen molar-refractivity contribution in [3.05, 3.63) is 10.6 Å². The van der Waals surface area contributed by atoms with Crippen molar-refractivity contribution in [3.63, 3.8) is 0 Å². The first kappa shape index (κ1) is 23.3.